The molecule has 0 aliphatic rings. The van der Waals surface area contributed by atoms with Gasteiger partial charge in [-0.25, -0.2) is 0 Å². The van der Waals surface area contributed by atoms with Crippen LogP contribution < -0.4 is 9.47 Å². The number of rotatable bonds is 7. The molecule has 1 rings (SSSR count). The second-order valence-electron chi connectivity index (χ2n) is 3.77. The molecule has 0 bridgehead atoms. The average molecular weight is 248 g/mol. The van der Waals surface area contributed by atoms with E-state index >= 15 is 0 Å². The van der Waals surface area contributed by atoms with Crippen LogP contribution in [0.4, 0.5) is 0 Å². The van der Waals surface area contributed by atoms with Gasteiger partial charge in [0.2, 0.25) is 0 Å². The molecule has 0 saturated carbocycles. The Morgan fingerprint density at radius 2 is 2.11 bits per heavy atom. The molecule has 0 saturated heterocycles. The zero-order valence-corrected chi connectivity index (χ0v) is 11.0. The summed E-state index contributed by atoms with van der Waals surface area (Å²) < 4.78 is 10.9. The van der Waals surface area contributed by atoms with E-state index in [0.717, 1.165) is 11.1 Å². The Bertz CT molecular complexity index is 424. The van der Waals surface area contributed by atoms with Crippen molar-refractivity contribution >= 4 is 0 Å². The molecule has 0 aliphatic carbocycles. The summed E-state index contributed by atoms with van der Waals surface area (Å²) in [5.41, 5.74) is 1.66. The van der Waals surface area contributed by atoms with Crippen LogP contribution >= 0.6 is 0 Å². The highest BCUT2D eigenvalue weighted by Crippen LogP contribution is 2.36. The van der Waals surface area contributed by atoms with Crippen LogP contribution in [0.25, 0.3) is 0 Å². The maximum absolute atomic E-state index is 9.94. The van der Waals surface area contributed by atoms with Gasteiger partial charge in [0, 0.05) is 5.56 Å². The monoisotopic (exact) mass is 248 g/mol. The number of benzene rings is 1. The van der Waals surface area contributed by atoms with Gasteiger partial charge in [-0.3, -0.25) is 0 Å². The molecule has 0 aromatic heterocycles. The Labute approximate surface area is 108 Å². The van der Waals surface area contributed by atoms with Crippen LogP contribution in [0.1, 0.15) is 24.2 Å². The summed E-state index contributed by atoms with van der Waals surface area (Å²) in [7, 11) is 1.60. The lowest BCUT2D eigenvalue weighted by Crippen LogP contribution is -2.05. The molecule has 0 heterocycles. The van der Waals surface area contributed by atoms with Crippen LogP contribution in [0, 0.1) is 0 Å². The fraction of sp³-hybridized carbons (Fsp3) is 0.333. The van der Waals surface area contributed by atoms with Crippen LogP contribution in [0.2, 0.25) is 0 Å². The average Bonchev–Trinajstić information content (AvgIpc) is 2.40. The molecule has 1 N–H and O–H groups in total. The van der Waals surface area contributed by atoms with E-state index in [1.807, 2.05) is 13.0 Å². The first-order valence-corrected chi connectivity index (χ1v) is 5.93. The van der Waals surface area contributed by atoms with Gasteiger partial charge in [0.25, 0.3) is 0 Å². The van der Waals surface area contributed by atoms with E-state index in [1.54, 1.807) is 19.3 Å². The van der Waals surface area contributed by atoms with Gasteiger partial charge in [-0.1, -0.05) is 18.2 Å². The van der Waals surface area contributed by atoms with Gasteiger partial charge >= 0.3 is 0 Å². The number of hydrogen-bond donors (Lipinski definition) is 1. The quantitative estimate of drug-likeness (QED) is 0.754. The standard InChI is InChI=1S/C15H20O3/c1-5-8-12-11(13(16)6-2)9-10-14(17-4)15(12)18-7-3/h5-6,9-10,13,16H,1-2,7-8H2,3-4H3. The molecule has 0 aliphatic heterocycles. The summed E-state index contributed by atoms with van der Waals surface area (Å²) in [6.07, 6.45) is 3.15. The molecule has 1 unspecified atom stereocenters. The summed E-state index contributed by atoms with van der Waals surface area (Å²) in [5.74, 6) is 1.33. The van der Waals surface area contributed by atoms with Crippen LogP contribution in [0.3, 0.4) is 0 Å². The van der Waals surface area contributed by atoms with Crippen molar-refractivity contribution in [2.75, 3.05) is 13.7 Å². The van der Waals surface area contributed by atoms with Crippen molar-refractivity contribution in [3.8, 4) is 11.5 Å². The molecule has 1 aromatic carbocycles. The topological polar surface area (TPSA) is 38.7 Å². The molecule has 0 spiro atoms. The number of hydrogen-bond acceptors (Lipinski definition) is 3. The number of allylic oxidation sites excluding steroid dienone is 1. The summed E-state index contributed by atoms with van der Waals surface area (Å²) in [5, 5.41) is 9.94. The number of aliphatic hydroxyl groups is 1. The lowest BCUT2D eigenvalue weighted by atomic mass is 9.98. The molecular formula is C15H20O3. The minimum atomic E-state index is -0.718. The minimum Gasteiger partial charge on any atom is -0.493 e. The van der Waals surface area contributed by atoms with Crippen LogP contribution in [-0.2, 0) is 6.42 Å². The summed E-state index contributed by atoms with van der Waals surface area (Å²) in [4.78, 5) is 0. The minimum absolute atomic E-state index is 0.536. The predicted molar refractivity (Wildman–Crippen MR) is 73.2 cm³/mol. The lowest BCUT2D eigenvalue weighted by Gasteiger charge is -2.18. The van der Waals surface area contributed by atoms with E-state index in [-0.39, 0.29) is 0 Å². The van der Waals surface area contributed by atoms with Crippen molar-refractivity contribution in [1.29, 1.82) is 0 Å². The zero-order chi connectivity index (χ0) is 13.5. The second-order valence-corrected chi connectivity index (χ2v) is 3.77. The van der Waals surface area contributed by atoms with Gasteiger partial charge in [-0.2, -0.15) is 0 Å². The van der Waals surface area contributed by atoms with Crippen LogP contribution in [0.15, 0.2) is 37.4 Å². The maximum Gasteiger partial charge on any atom is 0.165 e. The van der Waals surface area contributed by atoms with Crippen LogP contribution in [-0.4, -0.2) is 18.8 Å². The molecule has 0 amide bonds. The molecule has 3 nitrogen and oxygen atoms in total. The maximum atomic E-state index is 9.94. The van der Waals surface area contributed by atoms with E-state index in [1.165, 1.54) is 6.08 Å². The highest BCUT2D eigenvalue weighted by molar-refractivity contribution is 5.52. The first kappa shape index (κ1) is 14.3. The van der Waals surface area contributed by atoms with Crippen molar-refractivity contribution in [2.24, 2.45) is 0 Å². The van der Waals surface area contributed by atoms with Crippen molar-refractivity contribution in [3.05, 3.63) is 48.6 Å². The Hall–Kier alpha value is -1.74. The molecule has 3 heteroatoms. The van der Waals surface area contributed by atoms with Crippen LogP contribution in [0.5, 0.6) is 11.5 Å². The van der Waals surface area contributed by atoms with E-state index in [9.17, 15) is 5.11 Å². The van der Waals surface area contributed by atoms with Gasteiger partial charge in [-0.15, -0.1) is 13.2 Å². The zero-order valence-electron chi connectivity index (χ0n) is 11.0. The van der Waals surface area contributed by atoms with Crippen molar-refractivity contribution in [2.45, 2.75) is 19.4 Å². The van der Waals surface area contributed by atoms with Crippen molar-refractivity contribution in [1.82, 2.24) is 0 Å². The van der Waals surface area contributed by atoms with Crippen molar-refractivity contribution in [3.63, 3.8) is 0 Å². The third kappa shape index (κ3) is 2.93. The molecular weight excluding hydrogens is 228 g/mol. The summed E-state index contributed by atoms with van der Waals surface area (Å²) in [6.45, 7) is 9.79. The fourth-order valence-electron chi connectivity index (χ4n) is 1.84. The SMILES string of the molecule is C=CCc1c(C(O)C=C)ccc(OC)c1OCC. The number of aliphatic hydroxyl groups excluding tert-OH is 1. The number of ether oxygens (including phenoxy) is 2. The number of methoxy groups -OCH3 is 1. The lowest BCUT2D eigenvalue weighted by molar-refractivity contribution is 0.226. The normalized spacial score (nSPS) is 11.7. The van der Waals surface area contributed by atoms with E-state index in [0.29, 0.717) is 24.5 Å². The summed E-state index contributed by atoms with van der Waals surface area (Å²) in [6, 6.07) is 3.62. The van der Waals surface area contributed by atoms with Gasteiger partial charge in [-0.05, 0) is 25.0 Å². The van der Waals surface area contributed by atoms with Gasteiger partial charge < -0.3 is 14.6 Å². The third-order valence-electron chi connectivity index (χ3n) is 2.66. The summed E-state index contributed by atoms with van der Waals surface area (Å²) >= 11 is 0. The predicted octanol–water partition coefficient (Wildman–Crippen LogP) is 3.04. The molecule has 1 aromatic rings. The van der Waals surface area contributed by atoms with E-state index in [2.05, 4.69) is 13.2 Å². The van der Waals surface area contributed by atoms with Gasteiger partial charge in [0.15, 0.2) is 11.5 Å². The molecule has 0 radical (unpaired) electrons. The fourth-order valence-corrected chi connectivity index (χ4v) is 1.84. The Morgan fingerprint density at radius 3 is 2.61 bits per heavy atom. The highest BCUT2D eigenvalue weighted by atomic mass is 16.5. The smallest absolute Gasteiger partial charge is 0.165 e. The Morgan fingerprint density at radius 1 is 1.39 bits per heavy atom. The second kappa shape index (κ2) is 6.87. The molecule has 0 fully saturated rings. The molecule has 18 heavy (non-hydrogen) atoms. The Balaban J connectivity index is 3.39. The first-order chi connectivity index (χ1) is 8.69. The first-order valence-electron chi connectivity index (χ1n) is 5.93. The third-order valence-corrected chi connectivity index (χ3v) is 2.66. The molecule has 98 valence electrons. The highest BCUT2D eigenvalue weighted by Gasteiger charge is 2.17. The Kier molecular flexibility index (Phi) is 5.46. The van der Waals surface area contributed by atoms with Crippen molar-refractivity contribution < 1.29 is 14.6 Å². The van der Waals surface area contributed by atoms with Gasteiger partial charge in [0.1, 0.15) is 0 Å². The largest absolute Gasteiger partial charge is 0.493 e. The van der Waals surface area contributed by atoms with Gasteiger partial charge in [0.05, 0.1) is 19.8 Å². The van der Waals surface area contributed by atoms with E-state index in [4.69, 9.17) is 9.47 Å². The molecule has 1 atom stereocenters. The van der Waals surface area contributed by atoms with E-state index < -0.39 is 6.10 Å².